The van der Waals surface area contributed by atoms with Gasteiger partial charge in [0.1, 0.15) is 0 Å². The Balaban J connectivity index is 4.42. The van der Waals surface area contributed by atoms with E-state index in [-0.39, 0.29) is 0 Å². The van der Waals surface area contributed by atoms with Crippen molar-refractivity contribution < 1.29 is 2.74 Å². The fourth-order valence-corrected chi connectivity index (χ4v) is 1.78. The molecule has 0 amide bonds. The van der Waals surface area contributed by atoms with Crippen molar-refractivity contribution in [3.05, 3.63) is 46.6 Å². The minimum Gasteiger partial charge on any atom is -0.0856 e. The van der Waals surface area contributed by atoms with Crippen LogP contribution in [0, 0.1) is 0 Å². The van der Waals surface area contributed by atoms with Crippen molar-refractivity contribution >= 4 is 0 Å². The van der Waals surface area contributed by atoms with E-state index >= 15 is 0 Å². The molecule has 0 aromatic carbocycles. The van der Waals surface area contributed by atoms with Gasteiger partial charge in [-0.2, -0.15) is 0 Å². The zero-order valence-corrected chi connectivity index (χ0v) is 14.3. The van der Waals surface area contributed by atoms with Crippen LogP contribution in [0.2, 0.25) is 0 Å². The second-order valence-electron chi connectivity index (χ2n) is 6.05. The average molecular weight is 277 g/mol. The predicted molar refractivity (Wildman–Crippen MR) is 94.1 cm³/mol. The highest BCUT2D eigenvalue weighted by Gasteiger charge is 1.91. The van der Waals surface area contributed by atoms with E-state index in [1.54, 1.807) is 0 Å². The molecule has 2 atom stereocenters. The summed E-state index contributed by atoms with van der Waals surface area (Å²) in [6.07, 6.45) is 11.4. The zero-order valence-electron chi connectivity index (χ0n) is 16.3. The molecule has 0 aliphatic rings. The SMILES string of the molecule is [2H]C(/C=C(\C)CCC=C(C)C)C([2H])/C=C(\C)CCC=C(C)C. The third-order valence-electron chi connectivity index (χ3n) is 3.06. The van der Waals surface area contributed by atoms with Gasteiger partial charge in [0.15, 0.2) is 0 Å². The molecule has 0 bridgehead atoms. The van der Waals surface area contributed by atoms with E-state index < -0.39 is 12.8 Å². The fourth-order valence-electron chi connectivity index (χ4n) is 1.78. The molecular formula is C20H34. The van der Waals surface area contributed by atoms with E-state index in [1.807, 2.05) is 12.2 Å². The van der Waals surface area contributed by atoms with Gasteiger partial charge in [-0.3, -0.25) is 0 Å². The number of hydrogen-bond donors (Lipinski definition) is 0. The molecule has 0 spiro atoms. The highest BCUT2D eigenvalue weighted by molar-refractivity contribution is 5.05. The van der Waals surface area contributed by atoms with Gasteiger partial charge in [-0.15, -0.1) is 0 Å². The molecule has 0 aromatic heterocycles. The minimum atomic E-state index is -0.467. The van der Waals surface area contributed by atoms with Gasteiger partial charge in [-0.05, 0) is 80.0 Å². The van der Waals surface area contributed by atoms with Crippen LogP contribution in [0.15, 0.2) is 46.6 Å². The van der Waals surface area contributed by atoms with Crippen molar-refractivity contribution in [3.8, 4) is 0 Å². The maximum absolute atomic E-state index is 8.13. The molecule has 0 saturated heterocycles. The molecule has 0 rings (SSSR count). The van der Waals surface area contributed by atoms with E-state index in [9.17, 15) is 0 Å². The van der Waals surface area contributed by atoms with Crippen LogP contribution in [-0.4, -0.2) is 0 Å². The fraction of sp³-hybridized carbons (Fsp3) is 0.600. The monoisotopic (exact) mass is 276 g/mol. The summed E-state index contributed by atoms with van der Waals surface area (Å²) in [5.41, 5.74) is 5.10. The van der Waals surface area contributed by atoms with E-state index in [4.69, 9.17) is 2.74 Å². The number of allylic oxidation sites excluding steroid dienone is 8. The van der Waals surface area contributed by atoms with Gasteiger partial charge in [0.25, 0.3) is 0 Å². The summed E-state index contributed by atoms with van der Waals surface area (Å²) in [5.74, 6) is 0. The smallest absolute Gasteiger partial charge is 0.0313 e. The number of hydrogen-bond acceptors (Lipinski definition) is 0. The molecule has 0 heteroatoms. The molecule has 114 valence electrons. The Bertz CT molecular complexity index is 389. The first-order valence-corrected chi connectivity index (χ1v) is 7.68. The minimum absolute atomic E-state index is 0.467. The maximum atomic E-state index is 8.13. The topological polar surface area (TPSA) is 0 Å². The highest BCUT2D eigenvalue weighted by atomic mass is 14.0. The van der Waals surface area contributed by atoms with Crippen molar-refractivity contribution in [2.75, 3.05) is 0 Å². The summed E-state index contributed by atoms with van der Waals surface area (Å²) in [6.45, 7) is 12.6. The summed E-state index contributed by atoms with van der Waals surface area (Å²) in [7, 11) is 0. The van der Waals surface area contributed by atoms with Crippen LogP contribution in [0.3, 0.4) is 0 Å². The summed E-state index contributed by atoms with van der Waals surface area (Å²) in [5, 5.41) is 0. The first-order valence-electron chi connectivity index (χ1n) is 8.83. The Morgan fingerprint density at radius 3 is 1.30 bits per heavy atom. The van der Waals surface area contributed by atoms with Crippen LogP contribution in [0.25, 0.3) is 0 Å². The lowest BCUT2D eigenvalue weighted by molar-refractivity contribution is 0.916. The van der Waals surface area contributed by atoms with Crippen LogP contribution in [0.1, 0.15) is 82.8 Å². The second-order valence-corrected chi connectivity index (χ2v) is 6.05. The second kappa shape index (κ2) is 11.8. The molecule has 0 heterocycles. The molecule has 0 fully saturated rings. The van der Waals surface area contributed by atoms with E-state index in [2.05, 4.69) is 53.7 Å². The highest BCUT2D eigenvalue weighted by Crippen LogP contribution is 2.11. The Kier molecular flexibility index (Phi) is 9.03. The molecule has 0 radical (unpaired) electrons. The molecule has 0 aliphatic heterocycles. The van der Waals surface area contributed by atoms with E-state index in [0.29, 0.717) is 0 Å². The van der Waals surface area contributed by atoms with Crippen molar-refractivity contribution in [2.45, 2.75) is 80.0 Å². The van der Waals surface area contributed by atoms with Gasteiger partial charge in [0.2, 0.25) is 0 Å². The van der Waals surface area contributed by atoms with Crippen LogP contribution >= 0.6 is 0 Å². The lowest BCUT2D eigenvalue weighted by Gasteiger charge is -2.00. The van der Waals surface area contributed by atoms with E-state index in [0.717, 1.165) is 25.7 Å². The Labute approximate surface area is 130 Å². The molecular weight excluding hydrogens is 240 g/mol. The molecule has 2 unspecified atom stereocenters. The standard InChI is InChI=1S/C20H34/c1-17(2)11-9-15-19(5)13-7-8-14-20(6)16-10-12-18(3)4/h11-14H,7-10,15-16H2,1-6H3/b19-13+,20-14+/i7D,8D. The van der Waals surface area contributed by atoms with Crippen LogP contribution in [-0.2, 0) is 0 Å². The molecule has 0 aliphatic carbocycles. The van der Waals surface area contributed by atoms with Crippen LogP contribution in [0.4, 0.5) is 0 Å². The first kappa shape index (κ1) is 15.4. The molecule has 0 saturated carbocycles. The van der Waals surface area contributed by atoms with E-state index in [1.165, 1.54) is 22.3 Å². The molecule has 0 nitrogen and oxygen atoms in total. The summed E-state index contributed by atoms with van der Waals surface area (Å²) in [4.78, 5) is 0. The van der Waals surface area contributed by atoms with Crippen molar-refractivity contribution in [3.63, 3.8) is 0 Å². The molecule has 0 N–H and O–H groups in total. The lowest BCUT2D eigenvalue weighted by atomic mass is 10.1. The summed E-state index contributed by atoms with van der Waals surface area (Å²) >= 11 is 0. The molecule has 20 heavy (non-hydrogen) atoms. The number of rotatable bonds is 9. The van der Waals surface area contributed by atoms with Gasteiger partial charge in [-0.25, -0.2) is 0 Å². The third kappa shape index (κ3) is 13.4. The van der Waals surface area contributed by atoms with Crippen molar-refractivity contribution in [2.24, 2.45) is 0 Å². The van der Waals surface area contributed by atoms with Gasteiger partial charge < -0.3 is 0 Å². The van der Waals surface area contributed by atoms with Crippen LogP contribution < -0.4 is 0 Å². The van der Waals surface area contributed by atoms with Crippen molar-refractivity contribution in [1.29, 1.82) is 0 Å². The Morgan fingerprint density at radius 2 is 1.00 bits per heavy atom. The molecule has 0 aromatic rings. The van der Waals surface area contributed by atoms with Crippen LogP contribution in [0.5, 0.6) is 0 Å². The summed E-state index contributed by atoms with van der Waals surface area (Å²) < 4.78 is 16.3. The quantitative estimate of drug-likeness (QED) is 0.392. The van der Waals surface area contributed by atoms with Gasteiger partial charge in [0.05, 0.1) is 0 Å². The third-order valence-corrected chi connectivity index (χ3v) is 3.06. The normalized spacial score (nSPS) is 16.9. The Morgan fingerprint density at radius 1 is 0.650 bits per heavy atom. The lowest BCUT2D eigenvalue weighted by Crippen LogP contribution is -1.80. The largest absolute Gasteiger partial charge is 0.0856 e. The Hall–Kier alpha value is -1.04. The summed E-state index contributed by atoms with van der Waals surface area (Å²) in [6, 6.07) is 0. The first-order chi connectivity index (χ1) is 10.2. The zero-order chi connectivity index (χ0) is 17.1. The maximum Gasteiger partial charge on any atom is 0.0313 e. The predicted octanol–water partition coefficient (Wildman–Crippen LogP) is 7.15. The van der Waals surface area contributed by atoms with Gasteiger partial charge in [0, 0.05) is 2.74 Å². The van der Waals surface area contributed by atoms with Gasteiger partial charge in [-0.1, -0.05) is 46.6 Å². The van der Waals surface area contributed by atoms with Gasteiger partial charge >= 0.3 is 0 Å². The van der Waals surface area contributed by atoms with Crippen molar-refractivity contribution in [1.82, 2.24) is 0 Å². The average Bonchev–Trinajstić information content (AvgIpc) is 2.37.